The predicted molar refractivity (Wildman–Crippen MR) is 82.7 cm³/mol. The van der Waals surface area contributed by atoms with E-state index in [9.17, 15) is 23.7 Å². The van der Waals surface area contributed by atoms with Gasteiger partial charge < -0.3 is 24.9 Å². The van der Waals surface area contributed by atoms with Crippen molar-refractivity contribution in [2.75, 3.05) is 5.32 Å². The summed E-state index contributed by atoms with van der Waals surface area (Å²) in [5.74, 6) is -1.28. The van der Waals surface area contributed by atoms with Gasteiger partial charge in [0.1, 0.15) is 11.9 Å². The van der Waals surface area contributed by atoms with Crippen LogP contribution in [0, 0.1) is 10.1 Å². The monoisotopic (exact) mass is 353 g/mol. The molecule has 0 spiro atoms. The second-order valence-electron chi connectivity index (χ2n) is 4.73. The minimum Gasteiger partial charge on any atom is -0.473 e. The lowest BCUT2D eigenvalue weighted by molar-refractivity contribution is -0.390. The quantitative estimate of drug-likeness (QED) is 0.606. The molecule has 8 nitrogen and oxygen atoms in total. The number of carbonyl (C=O) groups is 1. The smallest absolute Gasteiger partial charge is 0.406 e. The lowest BCUT2D eigenvalue weighted by Crippen LogP contribution is -2.30. The van der Waals surface area contributed by atoms with E-state index in [0.29, 0.717) is 5.69 Å². The molecule has 1 aromatic carbocycles. The highest BCUT2D eigenvalue weighted by molar-refractivity contribution is 5.94. The number of nitrogens with zero attached hydrogens (tertiary/aromatic N) is 2. The first-order valence-corrected chi connectivity index (χ1v) is 6.98. The number of alkyl halides is 2. The zero-order valence-electron chi connectivity index (χ0n) is 12.9. The van der Waals surface area contributed by atoms with Crippen LogP contribution in [-0.2, 0) is 4.79 Å². The van der Waals surface area contributed by atoms with Gasteiger partial charge in [-0.2, -0.15) is 8.78 Å². The molecule has 2 rings (SSSR count). The molecule has 1 atom stereocenters. The number of nitrogens with one attached hydrogen (secondary N) is 1. The Morgan fingerprint density at radius 3 is 2.52 bits per heavy atom. The fourth-order valence-corrected chi connectivity index (χ4v) is 1.82. The molecule has 0 aliphatic carbocycles. The molecule has 0 saturated heterocycles. The van der Waals surface area contributed by atoms with Gasteiger partial charge in [-0.3, -0.25) is 4.79 Å². The largest absolute Gasteiger partial charge is 0.473 e. The number of aromatic nitrogens is 1. The van der Waals surface area contributed by atoms with Gasteiger partial charge in [-0.25, -0.2) is 0 Å². The van der Waals surface area contributed by atoms with Crippen LogP contribution in [0.2, 0.25) is 0 Å². The fraction of sp³-hybridized carbons (Fsp3) is 0.200. The minimum absolute atomic E-state index is 0.0525. The van der Waals surface area contributed by atoms with E-state index in [1.807, 2.05) is 0 Å². The van der Waals surface area contributed by atoms with Crippen LogP contribution in [0.15, 0.2) is 42.6 Å². The first-order valence-electron chi connectivity index (χ1n) is 6.98. The Labute approximate surface area is 140 Å². The number of hydrogen-bond donors (Lipinski definition) is 1. The van der Waals surface area contributed by atoms with Crippen LogP contribution in [0.25, 0.3) is 0 Å². The van der Waals surface area contributed by atoms with Crippen LogP contribution in [0.4, 0.5) is 20.3 Å². The minimum atomic E-state index is -2.94. The molecule has 1 amide bonds. The van der Waals surface area contributed by atoms with E-state index in [1.165, 1.54) is 49.5 Å². The van der Waals surface area contributed by atoms with Gasteiger partial charge in [-0.1, -0.05) is 0 Å². The predicted octanol–water partition coefficient (Wildman–Crippen LogP) is 3.00. The number of pyridine rings is 1. The molecule has 1 unspecified atom stereocenters. The van der Waals surface area contributed by atoms with E-state index >= 15 is 0 Å². The standard InChI is InChI=1S/C15H13F2N3O5/c1-9(24-12-3-2-8-18-13(12)20(22)23)14(21)19-10-4-6-11(7-5-10)25-15(16)17/h2-9,15H,1H3,(H,19,21). The molecule has 0 aliphatic rings. The fourth-order valence-electron chi connectivity index (χ4n) is 1.82. The van der Waals surface area contributed by atoms with Gasteiger partial charge in [0.25, 0.3) is 5.91 Å². The molecule has 1 aromatic heterocycles. The first-order chi connectivity index (χ1) is 11.9. The van der Waals surface area contributed by atoms with Crippen molar-refractivity contribution in [2.24, 2.45) is 0 Å². The molecule has 1 heterocycles. The Balaban J connectivity index is 2.00. The summed E-state index contributed by atoms with van der Waals surface area (Å²) < 4.78 is 33.6. The molecule has 0 fully saturated rings. The van der Waals surface area contributed by atoms with Crippen LogP contribution in [0.3, 0.4) is 0 Å². The third kappa shape index (κ3) is 5.09. The van der Waals surface area contributed by atoms with E-state index in [4.69, 9.17) is 4.74 Å². The summed E-state index contributed by atoms with van der Waals surface area (Å²) in [6.45, 7) is -1.54. The van der Waals surface area contributed by atoms with Gasteiger partial charge in [0, 0.05) is 5.69 Å². The maximum atomic E-state index is 12.1. The number of anilines is 1. The molecule has 10 heteroatoms. The molecular weight excluding hydrogens is 340 g/mol. The highest BCUT2D eigenvalue weighted by Crippen LogP contribution is 2.24. The maximum Gasteiger partial charge on any atom is 0.406 e. The van der Waals surface area contributed by atoms with Gasteiger partial charge in [0.2, 0.25) is 5.75 Å². The van der Waals surface area contributed by atoms with Gasteiger partial charge in [-0.05, 0) is 53.2 Å². The summed E-state index contributed by atoms with van der Waals surface area (Å²) in [7, 11) is 0. The molecular formula is C15H13F2N3O5. The lowest BCUT2D eigenvalue weighted by atomic mass is 10.3. The lowest BCUT2D eigenvalue weighted by Gasteiger charge is -2.14. The summed E-state index contributed by atoms with van der Waals surface area (Å²) in [5.41, 5.74) is 0.322. The summed E-state index contributed by atoms with van der Waals surface area (Å²) in [4.78, 5) is 25.8. The third-order valence-electron chi connectivity index (χ3n) is 2.94. The second-order valence-corrected chi connectivity index (χ2v) is 4.73. The van der Waals surface area contributed by atoms with E-state index in [2.05, 4.69) is 15.0 Å². The number of rotatable bonds is 7. The maximum absolute atomic E-state index is 12.1. The van der Waals surface area contributed by atoms with Crippen LogP contribution in [0.5, 0.6) is 11.5 Å². The topological polar surface area (TPSA) is 104 Å². The van der Waals surface area contributed by atoms with Gasteiger partial charge in [0.15, 0.2) is 6.10 Å². The Kier molecular flexibility index (Phi) is 5.77. The zero-order chi connectivity index (χ0) is 18.4. The van der Waals surface area contributed by atoms with Crippen molar-refractivity contribution in [3.05, 3.63) is 52.7 Å². The highest BCUT2D eigenvalue weighted by Gasteiger charge is 2.21. The van der Waals surface area contributed by atoms with E-state index in [0.717, 1.165) is 0 Å². The number of benzene rings is 1. The van der Waals surface area contributed by atoms with Crippen LogP contribution in [-0.4, -0.2) is 28.5 Å². The number of halogens is 2. The summed E-state index contributed by atoms with van der Waals surface area (Å²) >= 11 is 0. The Hall–Kier alpha value is -3.30. The van der Waals surface area contributed by atoms with Crippen LogP contribution in [0.1, 0.15) is 6.92 Å². The molecule has 0 radical (unpaired) electrons. The molecule has 0 bridgehead atoms. The third-order valence-corrected chi connectivity index (χ3v) is 2.94. The normalized spacial score (nSPS) is 11.7. The molecule has 25 heavy (non-hydrogen) atoms. The number of hydrogen-bond acceptors (Lipinski definition) is 6. The van der Waals surface area contributed by atoms with E-state index in [-0.39, 0.29) is 11.5 Å². The van der Waals surface area contributed by atoms with Crippen molar-refractivity contribution in [3.63, 3.8) is 0 Å². The summed E-state index contributed by atoms with van der Waals surface area (Å²) in [6, 6.07) is 8.03. The summed E-state index contributed by atoms with van der Waals surface area (Å²) in [5, 5.41) is 13.4. The van der Waals surface area contributed by atoms with Gasteiger partial charge >= 0.3 is 12.4 Å². The van der Waals surface area contributed by atoms with Crippen molar-refractivity contribution in [2.45, 2.75) is 19.6 Å². The Morgan fingerprint density at radius 2 is 1.92 bits per heavy atom. The van der Waals surface area contributed by atoms with E-state index < -0.39 is 29.4 Å². The number of amides is 1. The van der Waals surface area contributed by atoms with E-state index in [1.54, 1.807) is 0 Å². The average molecular weight is 353 g/mol. The second kappa shape index (κ2) is 7.99. The molecule has 0 aliphatic heterocycles. The SMILES string of the molecule is CC(Oc1cccnc1[N+](=O)[O-])C(=O)Nc1ccc(OC(F)F)cc1. The van der Waals surface area contributed by atoms with Crippen molar-refractivity contribution in [1.82, 2.24) is 4.98 Å². The van der Waals surface area contributed by atoms with Gasteiger partial charge in [0.05, 0.1) is 0 Å². The number of carbonyl (C=O) groups excluding carboxylic acids is 1. The van der Waals surface area contributed by atoms with Crippen LogP contribution < -0.4 is 14.8 Å². The molecule has 132 valence electrons. The number of ether oxygens (including phenoxy) is 2. The van der Waals surface area contributed by atoms with Crippen molar-refractivity contribution >= 4 is 17.4 Å². The Bertz CT molecular complexity index is 755. The van der Waals surface area contributed by atoms with Crippen LogP contribution >= 0.6 is 0 Å². The van der Waals surface area contributed by atoms with Gasteiger partial charge in [-0.15, -0.1) is 0 Å². The highest BCUT2D eigenvalue weighted by atomic mass is 19.3. The molecule has 1 N–H and O–H groups in total. The zero-order valence-corrected chi connectivity index (χ0v) is 12.9. The average Bonchev–Trinajstić information content (AvgIpc) is 2.56. The Morgan fingerprint density at radius 1 is 1.24 bits per heavy atom. The molecule has 0 saturated carbocycles. The van der Waals surface area contributed by atoms with Crippen molar-refractivity contribution in [3.8, 4) is 11.5 Å². The molecule has 2 aromatic rings. The number of nitro groups is 1. The van der Waals surface area contributed by atoms with Crippen molar-refractivity contribution < 1.29 is 28.0 Å². The first kappa shape index (κ1) is 18.0. The summed E-state index contributed by atoms with van der Waals surface area (Å²) in [6.07, 6.45) is 0.179. The van der Waals surface area contributed by atoms with Crippen molar-refractivity contribution in [1.29, 1.82) is 0 Å².